The number of aromatic nitrogens is 3. The van der Waals surface area contributed by atoms with E-state index in [1.54, 1.807) is 0 Å². The van der Waals surface area contributed by atoms with Gasteiger partial charge in [-0.05, 0) is 11.6 Å². The highest BCUT2D eigenvalue weighted by atomic mass is 79.9. The van der Waals surface area contributed by atoms with Crippen molar-refractivity contribution in [1.29, 1.82) is 0 Å². The Morgan fingerprint density at radius 2 is 2.11 bits per heavy atom. The molecule has 0 radical (unpaired) electrons. The average molecular weight is 309 g/mol. The highest BCUT2D eigenvalue weighted by Crippen LogP contribution is 2.16. The van der Waals surface area contributed by atoms with Crippen LogP contribution in [0.15, 0.2) is 34.9 Å². The molecule has 0 aliphatic carbocycles. The molecule has 1 N–H and O–H groups in total. The smallest absolute Gasteiger partial charge is 0.0965 e. The van der Waals surface area contributed by atoms with Crippen molar-refractivity contribution in [3.8, 4) is 0 Å². The van der Waals surface area contributed by atoms with Gasteiger partial charge in [-0.25, -0.2) is 4.68 Å². The summed E-state index contributed by atoms with van der Waals surface area (Å²) in [5.74, 6) is 0. The lowest BCUT2D eigenvalue weighted by molar-refractivity contribution is 0.580. The minimum atomic E-state index is 0.457. The lowest BCUT2D eigenvalue weighted by Crippen LogP contribution is -2.21. The van der Waals surface area contributed by atoms with E-state index in [0.29, 0.717) is 6.04 Å². The van der Waals surface area contributed by atoms with Crippen LogP contribution in [0.5, 0.6) is 0 Å². The summed E-state index contributed by atoms with van der Waals surface area (Å²) in [4.78, 5) is 0. The van der Waals surface area contributed by atoms with Gasteiger partial charge in [0.1, 0.15) is 0 Å². The summed E-state index contributed by atoms with van der Waals surface area (Å²) in [7, 11) is 0. The largest absolute Gasteiger partial charge is 0.309 e. The van der Waals surface area contributed by atoms with E-state index in [-0.39, 0.29) is 0 Å². The van der Waals surface area contributed by atoms with Crippen molar-refractivity contribution >= 4 is 15.9 Å². The van der Waals surface area contributed by atoms with Gasteiger partial charge in [0, 0.05) is 17.1 Å². The second-order valence-electron chi connectivity index (χ2n) is 4.53. The van der Waals surface area contributed by atoms with Crippen LogP contribution in [0.3, 0.4) is 0 Å². The molecule has 1 aromatic heterocycles. The zero-order valence-corrected chi connectivity index (χ0v) is 12.2. The normalized spacial score (nSPS) is 11.1. The third kappa shape index (κ3) is 3.65. The van der Waals surface area contributed by atoms with E-state index in [1.807, 2.05) is 29.1 Å². The Labute approximate surface area is 116 Å². The lowest BCUT2D eigenvalue weighted by atomic mass is 10.2. The van der Waals surface area contributed by atoms with Gasteiger partial charge in [-0.3, -0.25) is 0 Å². The predicted octanol–water partition coefficient (Wildman–Crippen LogP) is 2.59. The molecule has 1 heterocycles. The fraction of sp³-hybridized carbons (Fsp3) is 0.385. The standard InChI is InChI=1S/C13H17BrN4/c1-10(2)15-7-12-9-18(17-16-12)8-11-5-3-4-6-13(11)14/h3-6,9-10,15H,7-8H2,1-2H3. The maximum absolute atomic E-state index is 4.15. The fourth-order valence-corrected chi connectivity index (χ4v) is 2.02. The summed E-state index contributed by atoms with van der Waals surface area (Å²) in [6.07, 6.45) is 1.98. The molecule has 0 amide bonds. The molecule has 5 heteroatoms. The topological polar surface area (TPSA) is 42.7 Å². The van der Waals surface area contributed by atoms with Gasteiger partial charge in [0.15, 0.2) is 0 Å². The van der Waals surface area contributed by atoms with Gasteiger partial charge in [-0.1, -0.05) is 53.2 Å². The van der Waals surface area contributed by atoms with Crippen LogP contribution in [-0.2, 0) is 13.1 Å². The van der Waals surface area contributed by atoms with Crippen molar-refractivity contribution < 1.29 is 0 Å². The Bertz CT molecular complexity index is 507. The molecule has 0 atom stereocenters. The first kappa shape index (κ1) is 13.2. The molecular formula is C13H17BrN4. The Kier molecular flexibility index (Phi) is 4.49. The van der Waals surface area contributed by atoms with Crippen molar-refractivity contribution in [1.82, 2.24) is 20.3 Å². The SMILES string of the molecule is CC(C)NCc1cn(Cc2ccccc2Br)nn1. The molecule has 4 nitrogen and oxygen atoms in total. The van der Waals surface area contributed by atoms with Crippen LogP contribution < -0.4 is 5.32 Å². The molecule has 1 aromatic carbocycles. The number of benzene rings is 1. The summed E-state index contributed by atoms with van der Waals surface area (Å²) in [6, 6.07) is 8.61. The molecule has 18 heavy (non-hydrogen) atoms. The molecule has 0 aliphatic rings. The van der Waals surface area contributed by atoms with Gasteiger partial charge in [0.2, 0.25) is 0 Å². The summed E-state index contributed by atoms with van der Waals surface area (Å²) in [5.41, 5.74) is 2.17. The number of nitrogens with zero attached hydrogens (tertiary/aromatic N) is 3. The van der Waals surface area contributed by atoms with Crippen molar-refractivity contribution in [3.05, 3.63) is 46.2 Å². The van der Waals surface area contributed by atoms with E-state index in [1.165, 1.54) is 5.56 Å². The number of hydrogen-bond acceptors (Lipinski definition) is 3. The van der Waals surface area contributed by atoms with Crippen LogP contribution in [0.1, 0.15) is 25.1 Å². The monoisotopic (exact) mass is 308 g/mol. The molecule has 96 valence electrons. The molecule has 0 saturated heterocycles. The quantitative estimate of drug-likeness (QED) is 0.923. The molecule has 0 saturated carbocycles. The highest BCUT2D eigenvalue weighted by Gasteiger charge is 2.04. The summed E-state index contributed by atoms with van der Waals surface area (Å²) >= 11 is 3.54. The zero-order chi connectivity index (χ0) is 13.0. The van der Waals surface area contributed by atoms with E-state index >= 15 is 0 Å². The van der Waals surface area contributed by atoms with Crippen LogP contribution in [0.4, 0.5) is 0 Å². The van der Waals surface area contributed by atoms with Gasteiger partial charge in [0.05, 0.1) is 18.4 Å². The van der Waals surface area contributed by atoms with Crippen LogP contribution in [0.2, 0.25) is 0 Å². The van der Waals surface area contributed by atoms with Crippen molar-refractivity contribution in [2.75, 3.05) is 0 Å². The van der Waals surface area contributed by atoms with E-state index in [2.05, 4.69) is 51.5 Å². The summed E-state index contributed by atoms with van der Waals surface area (Å²) in [6.45, 7) is 5.72. The first-order valence-corrected chi connectivity index (χ1v) is 6.80. The Morgan fingerprint density at radius 1 is 1.33 bits per heavy atom. The van der Waals surface area contributed by atoms with E-state index in [4.69, 9.17) is 0 Å². The average Bonchev–Trinajstić information content (AvgIpc) is 2.77. The zero-order valence-electron chi connectivity index (χ0n) is 10.6. The first-order chi connectivity index (χ1) is 8.65. The van der Waals surface area contributed by atoms with E-state index < -0.39 is 0 Å². The summed E-state index contributed by atoms with van der Waals surface area (Å²) < 4.78 is 2.96. The molecule has 2 aromatic rings. The fourth-order valence-electron chi connectivity index (χ4n) is 1.61. The number of rotatable bonds is 5. The number of hydrogen-bond donors (Lipinski definition) is 1. The molecule has 0 unspecified atom stereocenters. The van der Waals surface area contributed by atoms with Crippen molar-refractivity contribution in [2.24, 2.45) is 0 Å². The molecular weight excluding hydrogens is 292 g/mol. The van der Waals surface area contributed by atoms with Gasteiger partial charge < -0.3 is 5.32 Å². The second kappa shape index (κ2) is 6.11. The molecule has 2 rings (SSSR count). The van der Waals surface area contributed by atoms with Crippen LogP contribution >= 0.6 is 15.9 Å². The van der Waals surface area contributed by atoms with Crippen LogP contribution in [0.25, 0.3) is 0 Å². The second-order valence-corrected chi connectivity index (χ2v) is 5.39. The maximum atomic E-state index is 4.15. The lowest BCUT2D eigenvalue weighted by Gasteiger charge is -2.04. The third-order valence-corrected chi connectivity index (χ3v) is 3.34. The number of nitrogens with one attached hydrogen (secondary N) is 1. The predicted molar refractivity (Wildman–Crippen MR) is 75.2 cm³/mol. The van der Waals surface area contributed by atoms with Crippen LogP contribution in [-0.4, -0.2) is 21.0 Å². The van der Waals surface area contributed by atoms with Gasteiger partial charge in [0.25, 0.3) is 0 Å². The van der Waals surface area contributed by atoms with E-state index in [9.17, 15) is 0 Å². The van der Waals surface area contributed by atoms with Crippen LogP contribution in [0, 0.1) is 0 Å². The van der Waals surface area contributed by atoms with Crippen molar-refractivity contribution in [2.45, 2.75) is 33.0 Å². The summed E-state index contributed by atoms with van der Waals surface area (Å²) in [5, 5.41) is 11.6. The van der Waals surface area contributed by atoms with Gasteiger partial charge >= 0.3 is 0 Å². The minimum absolute atomic E-state index is 0.457. The van der Waals surface area contributed by atoms with Gasteiger partial charge in [-0.15, -0.1) is 5.10 Å². The molecule has 0 fully saturated rings. The molecule has 0 bridgehead atoms. The highest BCUT2D eigenvalue weighted by molar-refractivity contribution is 9.10. The van der Waals surface area contributed by atoms with Crippen molar-refractivity contribution in [3.63, 3.8) is 0 Å². The first-order valence-electron chi connectivity index (χ1n) is 6.01. The minimum Gasteiger partial charge on any atom is -0.309 e. The van der Waals surface area contributed by atoms with Gasteiger partial charge in [-0.2, -0.15) is 0 Å². The Morgan fingerprint density at radius 3 is 2.83 bits per heavy atom. The molecule has 0 aliphatic heterocycles. The van der Waals surface area contributed by atoms with E-state index in [0.717, 1.165) is 23.3 Å². The maximum Gasteiger partial charge on any atom is 0.0965 e. The Hall–Kier alpha value is -1.20. The third-order valence-electron chi connectivity index (χ3n) is 2.57. The number of halogens is 1. The Balaban J connectivity index is 2.00. The molecule has 0 spiro atoms.